The van der Waals surface area contributed by atoms with Gasteiger partial charge in [-0.3, -0.25) is 0 Å². The van der Waals surface area contributed by atoms with Gasteiger partial charge in [0.05, 0.1) is 70.7 Å². The van der Waals surface area contributed by atoms with Crippen molar-refractivity contribution in [3.8, 4) is 0 Å². The summed E-state index contributed by atoms with van der Waals surface area (Å²) in [4.78, 5) is 0. The lowest BCUT2D eigenvalue weighted by molar-refractivity contribution is -0.365. The summed E-state index contributed by atoms with van der Waals surface area (Å²) in [5, 5.41) is 221. The normalized spacial score (nSPS) is 50.4. The van der Waals surface area contributed by atoms with Gasteiger partial charge in [-0.2, -0.15) is 0 Å². The van der Waals surface area contributed by atoms with E-state index < -0.39 is 248 Å². The number of aliphatic hydroxyl groups excluding tert-OH is 21. The summed E-state index contributed by atoms with van der Waals surface area (Å²) in [5.41, 5.74) is -1.59. The van der Waals surface area contributed by atoms with Gasteiger partial charge in [-0.25, -0.2) is 0 Å². The first-order valence-corrected chi connectivity index (χ1v) is 24.3. The molecule has 0 spiro atoms. The summed E-state index contributed by atoms with van der Waals surface area (Å²) in [7, 11) is 0. The van der Waals surface area contributed by atoms with Gasteiger partial charge < -0.3 is 155 Å². The Morgan fingerprint density at radius 1 is 0.324 bits per heavy atom. The van der Waals surface area contributed by atoms with E-state index in [1.165, 1.54) is 6.92 Å². The van der Waals surface area contributed by atoms with Crippen LogP contribution in [0.25, 0.3) is 0 Å². The van der Waals surface area contributed by atoms with Crippen molar-refractivity contribution in [2.45, 2.75) is 191 Å². The molecular weight excluding hydrogens is 1010 g/mol. The third-order valence-corrected chi connectivity index (χ3v) is 14.7. The highest BCUT2D eigenvalue weighted by Gasteiger charge is 2.55. The van der Waals surface area contributed by atoms with Gasteiger partial charge in [0.2, 0.25) is 0 Å². The van der Waals surface area contributed by atoms with Crippen molar-refractivity contribution >= 4 is 0 Å². The van der Waals surface area contributed by atoms with Crippen LogP contribution in [0, 0.1) is 17.3 Å². The second-order valence-electron chi connectivity index (χ2n) is 20.2. The molecule has 6 rings (SSSR count). The Morgan fingerprint density at radius 2 is 0.676 bits per heavy atom. The molecule has 0 radical (unpaired) electrons. The van der Waals surface area contributed by atoms with Gasteiger partial charge in [-0.1, -0.05) is 6.92 Å². The lowest BCUT2D eigenvalue weighted by atomic mass is 9.78. The number of aliphatic hydroxyl groups is 21. The Labute approximate surface area is 422 Å². The lowest BCUT2D eigenvalue weighted by Crippen LogP contribution is -2.65. The summed E-state index contributed by atoms with van der Waals surface area (Å²) >= 11 is 0. The maximum atomic E-state index is 11.4. The third-order valence-electron chi connectivity index (χ3n) is 14.7. The van der Waals surface area contributed by atoms with Crippen LogP contribution in [0.4, 0.5) is 0 Å². The molecule has 31 heteroatoms. The first kappa shape index (κ1) is 62.0. The Hall–Kier alpha value is -1.24. The minimum Gasteiger partial charge on any atom is -0.396 e. The van der Waals surface area contributed by atoms with Gasteiger partial charge in [-0.05, 0) is 12.8 Å². The molecule has 6 fully saturated rings. The van der Waals surface area contributed by atoms with Crippen molar-refractivity contribution in [2.75, 3.05) is 59.5 Å². The van der Waals surface area contributed by atoms with E-state index in [-0.39, 0.29) is 12.8 Å². The average Bonchev–Trinajstić information content (AvgIpc) is 3.39. The number of hydrogen-bond donors (Lipinski definition) is 21. The monoisotopic (exact) mass is 1090 g/mol. The number of rotatable bonds is 21. The highest BCUT2D eigenvalue weighted by atomic mass is 16.8. The van der Waals surface area contributed by atoms with Crippen LogP contribution in [-0.4, -0.2) is 338 Å². The zero-order valence-electron chi connectivity index (χ0n) is 40.1. The van der Waals surface area contributed by atoms with E-state index in [0.717, 1.165) is 0 Å². The largest absolute Gasteiger partial charge is 0.396 e. The van der Waals surface area contributed by atoms with Crippen LogP contribution >= 0.6 is 0 Å². The predicted octanol–water partition coefficient (Wildman–Crippen LogP) is -12.8. The molecule has 4 heterocycles. The fraction of sp³-hybridized carbons (Fsp3) is 1.00. The van der Waals surface area contributed by atoms with Gasteiger partial charge in [-0.15, -0.1) is 0 Å². The molecule has 21 N–H and O–H groups in total. The summed E-state index contributed by atoms with van der Waals surface area (Å²) in [6.45, 7) is -5.15. The van der Waals surface area contributed by atoms with Crippen LogP contribution < -0.4 is 0 Å². The zero-order chi connectivity index (χ0) is 54.7. The van der Waals surface area contributed by atoms with Gasteiger partial charge in [0, 0.05) is 30.5 Å². The second-order valence-corrected chi connectivity index (χ2v) is 20.2. The van der Waals surface area contributed by atoms with E-state index >= 15 is 0 Å². The molecule has 0 aromatic heterocycles. The highest BCUT2D eigenvalue weighted by molar-refractivity contribution is 5.00. The molecule has 0 bridgehead atoms. The van der Waals surface area contributed by atoms with E-state index in [9.17, 15) is 107 Å². The van der Waals surface area contributed by atoms with Crippen LogP contribution in [0.3, 0.4) is 0 Å². The molecular formula is C43H76O31. The second kappa shape index (κ2) is 26.8. The van der Waals surface area contributed by atoms with Crippen molar-refractivity contribution in [1.82, 2.24) is 0 Å². The Kier molecular flexibility index (Phi) is 22.5. The van der Waals surface area contributed by atoms with E-state index in [2.05, 4.69) is 0 Å². The molecule has 13 unspecified atom stereocenters. The maximum Gasteiger partial charge on any atom is 0.187 e. The number of hydrogen-bond acceptors (Lipinski definition) is 31. The fourth-order valence-corrected chi connectivity index (χ4v) is 9.99. The maximum absolute atomic E-state index is 11.4. The summed E-state index contributed by atoms with van der Waals surface area (Å²) in [5.74, 6) is -1.94. The van der Waals surface area contributed by atoms with Crippen molar-refractivity contribution in [2.24, 2.45) is 17.3 Å². The topological polar surface area (TPSA) is 517 Å². The summed E-state index contributed by atoms with van der Waals surface area (Å²) < 4.78 is 57.4. The van der Waals surface area contributed by atoms with Crippen LogP contribution in [0.2, 0.25) is 0 Å². The minimum absolute atomic E-state index is 0.172. The summed E-state index contributed by atoms with van der Waals surface area (Å²) in [6, 6.07) is 0. The van der Waals surface area contributed by atoms with Crippen LogP contribution in [0.5, 0.6) is 0 Å². The van der Waals surface area contributed by atoms with Crippen molar-refractivity contribution in [1.29, 1.82) is 0 Å². The van der Waals surface area contributed by atoms with E-state index in [1.807, 2.05) is 0 Å². The molecule has 0 amide bonds. The van der Waals surface area contributed by atoms with Crippen molar-refractivity contribution < 1.29 is 155 Å². The molecule has 0 aromatic carbocycles. The molecule has 0 aromatic rings. The fourth-order valence-electron chi connectivity index (χ4n) is 9.99. The quantitative estimate of drug-likeness (QED) is 0.0507. The highest BCUT2D eigenvalue weighted by Crippen LogP contribution is 2.38. The molecule has 2 saturated carbocycles. The molecule has 4 saturated heterocycles. The molecule has 6 aliphatic rings. The standard InChI is InChI=1S/C43H76O31/c1-43(10-65-15-3-14(5-45)36(29(58)22(15)51)68-16-2-13(4-44)21(50)26(55)23(16)52,11-66-39-34(63)30(59)37(19(8-48)71-39)73-41-32(61)27(56)24(53)17(6-46)69-41)12-67-40-35(64)31(60)38(20(9-49)72-40)74-42-33(62)28(57)25(54)18(7-47)70-42/h13-42,44-64H,2-12H2,1H3/t13?,14?,15-,16-,17?,18?,19?,20?,21+,22?,23?,24+,25+,26+,27+,28?,29-,30-,31?,32?,33+,34?,35+,36-,37-,38-,39-,40-,41+,42+,43?/m1/s1. The molecule has 4 aliphatic heterocycles. The predicted molar refractivity (Wildman–Crippen MR) is 232 cm³/mol. The van der Waals surface area contributed by atoms with E-state index in [4.69, 9.17) is 47.4 Å². The Morgan fingerprint density at radius 3 is 1.09 bits per heavy atom. The van der Waals surface area contributed by atoms with Crippen molar-refractivity contribution in [3.63, 3.8) is 0 Å². The smallest absolute Gasteiger partial charge is 0.187 e. The van der Waals surface area contributed by atoms with Gasteiger partial charge >= 0.3 is 0 Å². The summed E-state index contributed by atoms with van der Waals surface area (Å²) in [6.07, 6.45) is -48.9. The molecule has 2 aliphatic carbocycles. The SMILES string of the molecule is CC(CO[C@@H]1OC(CO)[C@@H](O[C@@H]2OC(CO)[C@H](O)[C@H](O)C2O)[C@H](O)C1O)(CO[C@@H]1OC(CO)[C@@H](O[C@@H]2OC(CO)[C@H](O)C(O)[C@@H]2O)C(O)[C@@H]1O)CO[C@@H]1CC(CO)[C@@H](O[C@@H]2CC(CO)[C@H](O)[C@H](O)C2O)[C@H](O)C1O. The Balaban J connectivity index is 1.17. The molecule has 74 heavy (non-hydrogen) atoms. The van der Waals surface area contributed by atoms with Crippen LogP contribution in [0.15, 0.2) is 0 Å². The van der Waals surface area contributed by atoms with Gasteiger partial charge in [0.15, 0.2) is 25.2 Å². The molecule has 31 nitrogen and oxygen atoms in total. The van der Waals surface area contributed by atoms with Crippen LogP contribution in [-0.2, 0) is 47.4 Å². The third kappa shape index (κ3) is 13.3. The van der Waals surface area contributed by atoms with E-state index in [0.29, 0.717) is 0 Å². The zero-order valence-corrected chi connectivity index (χ0v) is 40.1. The first-order valence-electron chi connectivity index (χ1n) is 24.3. The van der Waals surface area contributed by atoms with Crippen molar-refractivity contribution in [3.05, 3.63) is 0 Å². The number of ether oxygens (including phenoxy) is 10. The first-order chi connectivity index (χ1) is 35.0. The average molecular weight is 1090 g/mol. The molecule has 434 valence electrons. The Bertz CT molecular complexity index is 1480. The van der Waals surface area contributed by atoms with Gasteiger partial charge in [0.25, 0.3) is 0 Å². The lowest BCUT2D eigenvalue weighted by Gasteiger charge is -2.47. The van der Waals surface area contributed by atoms with Gasteiger partial charge in [0.1, 0.15) is 122 Å². The molecule has 31 atom stereocenters. The minimum atomic E-state index is -2.03. The van der Waals surface area contributed by atoms with Crippen LogP contribution in [0.1, 0.15) is 19.8 Å². The van der Waals surface area contributed by atoms with E-state index in [1.54, 1.807) is 0 Å².